The Hall–Kier alpha value is -3.87. The van der Waals surface area contributed by atoms with Crippen LogP contribution in [0.25, 0.3) is 22.9 Å². The van der Waals surface area contributed by atoms with E-state index < -0.39 is 11.6 Å². The predicted octanol–water partition coefficient (Wildman–Crippen LogP) is 5.26. The van der Waals surface area contributed by atoms with Crippen LogP contribution in [0, 0.1) is 18.6 Å². The minimum Gasteiger partial charge on any atom is -0.416 e. The van der Waals surface area contributed by atoms with Crippen molar-refractivity contribution >= 4 is 5.91 Å². The van der Waals surface area contributed by atoms with E-state index in [-0.39, 0.29) is 18.0 Å². The number of nitrogens with zero attached hydrogens (tertiary/aromatic N) is 3. The summed E-state index contributed by atoms with van der Waals surface area (Å²) >= 11 is 0. The van der Waals surface area contributed by atoms with Gasteiger partial charge in [-0.2, -0.15) is 0 Å². The van der Waals surface area contributed by atoms with Gasteiger partial charge in [0.25, 0.3) is 5.91 Å². The molecule has 0 aliphatic heterocycles. The fourth-order valence-corrected chi connectivity index (χ4v) is 3.19. The molecule has 1 heterocycles. The lowest BCUT2D eigenvalue weighted by molar-refractivity contribution is 0.0784. The lowest BCUT2D eigenvalue weighted by atomic mass is 10.1. The predicted molar refractivity (Wildman–Crippen MR) is 112 cm³/mol. The van der Waals surface area contributed by atoms with Gasteiger partial charge in [-0.05, 0) is 49.4 Å². The van der Waals surface area contributed by atoms with Crippen molar-refractivity contribution in [2.75, 3.05) is 7.05 Å². The molecule has 0 bridgehead atoms. The number of hydrogen-bond donors (Lipinski definition) is 0. The fourth-order valence-electron chi connectivity index (χ4n) is 3.19. The largest absolute Gasteiger partial charge is 0.416 e. The first kappa shape index (κ1) is 20.4. The van der Waals surface area contributed by atoms with E-state index in [1.54, 1.807) is 31.3 Å². The highest BCUT2D eigenvalue weighted by Crippen LogP contribution is 2.25. The maximum atomic E-state index is 13.9. The summed E-state index contributed by atoms with van der Waals surface area (Å²) < 4.78 is 32.7. The molecule has 4 aromatic rings. The molecule has 0 saturated carbocycles. The highest BCUT2D eigenvalue weighted by Gasteiger charge is 2.16. The van der Waals surface area contributed by atoms with Gasteiger partial charge < -0.3 is 9.32 Å². The Labute approximate surface area is 178 Å². The number of amides is 1. The van der Waals surface area contributed by atoms with E-state index >= 15 is 0 Å². The van der Waals surface area contributed by atoms with E-state index in [9.17, 15) is 13.6 Å². The Balaban J connectivity index is 1.48. The van der Waals surface area contributed by atoms with Crippen LogP contribution in [0.5, 0.6) is 0 Å². The van der Waals surface area contributed by atoms with Crippen LogP contribution in [0.15, 0.2) is 71.1 Å². The van der Waals surface area contributed by atoms with Crippen molar-refractivity contribution in [1.29, 1.82) is 0 Å². The van der Waals surface area contributed by atoms with E-state index in [1.165, 1.54) is 17.0 Å². The zero-order valence-electron chi connectivity index (χ0n) is 17.0. The molecule has 0 unspecified atom stereocenters. The molecule has 5 nitrogen and oxygen atoms in total. The molecule has 0 atom stereocenters. The topological polar surface area (TPSA) is 59.2 Å². The number of hydrogen-bond acceptors (Lipinski definition) is 4. The van der Waals surface area contributed by atoms with Crippen molar-refractivity contribution < 1.29 is 18.0 Å². The van der Waals surface area contributed by atoms with Gasteiger partial charge in [0.05, 0.1) is 0 Å². The first-order chi connectivity index (χ1) is 14.9. The van der Waals surface area contributed by atoms with Gasteiger partial charge in [-0.1, -0.05) is 23.8 Å². The highest BCUT2D eigenvalue weighted by atomic mass is 19.1. The van der Waals surface area contributed by atoms with Crippen molar-refractivity contribution in [3.05, 3.63) is 95.1 Å². The number of rotatable bonds is 5. The quantitative estimate of drug-likeness (QED) is 0.443. The molecular weight excluding hydrogens is 400 g/mol. The van der Waals surface area contributed by atoms with Gasteiger partial charge in [-0.15, -0.1) is 10.2 Å². The summed E-state index contributed by atoms with van der Waals surface area (Å²) in [6.07, 6.45) is 0. The summed E-state index contributed by atoms with van der Waals surface area (Å²) in [6, 6.07) is 17.8. The molecule has 7 heteroatoms. The number of aromatic nitrogens is 2. The zero-order chi connectivity index (χ0) is 22.0. The average molecular weight is 419 g/mol. The average Bonchev–Trinajstić information content (AvgIpc) is 3.26. The van der Waals surface area contributed by atoms with Crippen molar-refractivity contribution in [3.63, 3.8) is 0 Å². The van der Waals surface area contributed by atoms with E-state index in [1.807, 2.05) is 31.2 Å². The minimum absolute atomic E-state index is 0.0240. The maximum absolute atomic E-state index is 13.9. The molecule has 0 spiro atoms. The molecule has 1 aromatic heterocycles. The monoisotopic (exact) mass is 419 g/mol. The van der Waals surface area contributed by atoms with Gasteiger partial charge in [-0.3, -0.25) is 4.79 Å². The van der Waals surface area contributed by atoms with Crippen LogP contribution in [0.2, 0.25) is 0 Å². The van der Waals surface area contributed by atoms with Gasteiger partial charge in [-0.25, -0.2) is 8.78 Å². The molecule has 0 radical (unpaired) electrons. The Morgan fingerprint density at radius 3 is 2.32 bits per heavy atom. The van der Waals surface area contributed by atoms with Crippen molar-refractivity contribution in [2.45, 2.75) is 13.5 Å². The second-order valence-electron chi connectivity index (χ2n) is 7.26. The summed E-state index contributed by atoms with van der Waals surface area (Å²) in [5.41, 5.74) is 3.26. The van der Waals surface area contributed by atoms with Crippen molar-refractivity contribution in [3.8, 4) is 22.9 Å². The van der Waals surface area contributed by atoms with Crippen LogP contribution in [0.3, 0.4) is 0 Å². The Kier molecular flexibility index (Phi) is 5.58. The summed E-state index contributed by atoms with van der Waals surface area (Å²) in [5, 5.41) is 8.19. The first-order valence-corrected chi connectivity index (χ1v) is 9.61. The third kappa shape index (κ3) is 4.50. The van der Waals surface area contributed by atoms with Gasteiger partial charge >= 0.3 is 0 Å². The Morgan fingerprint density at radius 2 is 1.65 bits per heavy atom. The van der Waals surface area contributed by atoms with E-state index in [4.69, 9.17) is 4.42 Å². The Morgan fingerprint density at radius 1 is 0.935 bits per heavy atom. The lowest BCUT2D eigenvalue weighted by Crippen LogP contribution is -2.26. The van der Waals surface area contributed by atoms with Gasteiger partial charge in [0.2, 0.25) is 11.8 Å². The summed E-state index contributed by atoms with van der Waals surface area (Å²) in [4.78, 5) is 14.0. The third-order valence-electron chi connectivity index (χ3n) is 4.84. The molecule has 31 heavy (non-hydrogen) atoms. The third-order valence-corrected chi connectivity index (χ3v) is 4.84. The van der Waals surface area contributed by atoms with Crippen LogP contribution in [0.4, 0.5) is 8.78 Å². The van der Waals surface area contributed by atoms with Crippen LogP contribution in [-0.2, 0) is 6.54 Å². The maximum Gasteiger partial charge on any atom is 0.253 e. The van der Waals surface area contributed by atoms with E-state index in [0.717, 1.165) is 17.2 Å². The molecule has 4 rings (SSSR count). The zero-order valence-corrected chi connectivity index (χ0v) is 17.0. The number of benzene rings is 3. The summed E-state index contributed by atoms with van der Waals surface area (Å²) in [7, 11) is 1.56. The molecular formula is C24H19F2N3O2. The second-order valence-corrected chi connectivity index (χ2v) is 7.26. The standard InChI is InChI=1S/C24H19F2N3O2/c1-15-4-3-5-18(12-15)23-28-27-22(31-23)16-6-8-17(9-7-16)24(30)29(2)14-19-10-11-20(25)13-21(19)26/h3-13H,14H2,1-2H3. The molecule has 3 aromatic carbocycles. The van der Waals surface area contributed by atoms with E-state index in [2.05, 4.69) is 10.2 Å². The first-order valence-electron chi connectivity index (χ1n) is 9.61. The van der Waals surface area contributed by atoms with Crippen molar-refractivity contribution in [1.82, 2.24) is 15.1 Å². The lowest BCUT2D eigenvalue weighted by Gasteiger charge is -2.18. The highest BCUT2D eigenvalue weighted by molar-refractivity contribution is 5.94. The molecule has 0 N–H and O–H groups in total. The number of carbonyl (C=O) groups is 1. The van der Waals surface area contributed by atoms with Crippen molar-refractivity contribution in [2.24, 2.45) is 0 Å². The second kappa shape index (κ2) is 8.47. The summed E-state index contributed by atoms with van der Waals surface area (Å²) in [5.74, 6) is -0.869. The summed E-state index contributed by atoms with van der Waals surface area (Å²) in [6.45, 7) is 2.01. The molecule has 0 fully saturated rings. The number of carbonyl (C=O) groups excluding carboxylic acids is 1. The smallest absolute Gasteiger partial charge is 0.253 e. The van der Waals surface area contributed by atoms with Crippen LogP contribution >= 0.6 is 0 Å². The van der Waals surface area contributed by atoms with Crippen LogP contribution in [0.1, 0.15) is 21.5 Å². The molecule has 0 aliphatic rings. The molecule has 1 amide bonds. The van der Waals surface area contributed by atoms with Gasteiger partial charge in [0, 0.05) is 41.9 Å². The Bertz CT molecular complexity index is 1240. The number of halogens is 2. The fraction of sp³-hybridized carbons (Fsp3) is 0.125. The van der Waals surface area contributed by atoms with Gasteiger partial charge in [0.15, 0.2) is 0 Å². The SMILES string of the molecule is Cc1cccc(-c2nnc(-c3ccc(C(=O)N(C)Cc4ccc(F)cc4F)cc3)o2)c1. The normalized spacial score (nSPS) is 10.8. The van der Waals surface area contributed by atoms with Crippen LogP contribution in [-0.4, -0.2) is 28.1 Å². The minimum atomic E-state index is -0.684. The molecule has 0 saturated heterocycles. The molecule has 156 valence electrons. The van der Waals surface area contributed by atoms with E-state index in [0.29, 0.717) is 22.9 Å². The number of aryl methyl sites for hydroxylation is 1. The van der Waals surface area contributed by atoms with Crippen LogP contribution < -0.4 is 0 Å². The van der Waals surface area contributed by atoms with Gasteiger partial charge in [0.1, 0.15) is 11.6 Å². The molecule has 0 aliphatic carbocycles.